The highest BCUT2D eigenvalue weighted by molar-refractivity contribution is 6.36. The van der Waals surface area contributed by atoms with Crippen molar-refractivity contribution in [2.24, 2.45) is 0 Å². The monoisotopic (exact) mass is 287 g/mol. The van der Waals surface area contributed by atoms with Gasteiger partial charge in [-0.2, -0.15) is 0 Å². The van der Waals surface area contributed by atoms with E-state index in [4.69, 9.17) is 11.6 Å². The van der Waals surface area contributed by atoms with Gasteiger partial charge < -0.3 is 4.74 Å². The molecule has 0 unspecified atom stereocenters. The van der Waals surface area contributed by atoms with E-state index in [1.54, 1.807) is 48.5 Å². The Bertz CT molecular complexity index is 569. The lowest BCUT2D eigenvalue weighted by atomic mass is 9.90. The van der Waals surface area contributed by atoms with Gasteiger partial charge in [0.15, 0.2) is 4.87 Å². The van der Waals surface area contributed by atoms with E-state index in [0.29, 0.717) is 11.1 Å². The average Bonchev–Trinajstić information content (AvgIpc) is 2.47. The number of hydrogen-bond donors (Lipinski definition) is 0. The van der Waals surface area contributed by atoms with Gasteiger partial charge in [-0.05, 0) is 11.1 Å². The van der Waals surface area contributed by atoms with Crippen LogP contribution in [0.5, 0.6) is 0 Å². The van der Waals surface area contributed by atoms with Crippen molar-refractivity contribution in [1.82, 2.24) is 0 Å². The van der Waals surface area contributed by atoms with E-state index in [1.807, 2.05) is 12.1 Å². The zero-order valence-electron chi connectivity index (χ0n) is 10.6. The summed E-state index contributed by atoms with van der Waals surface area (Å²) in [4.78, 5) is 21.6. The third kappa shape index (κ3) is 2.73. The maximum atomic E-state index is 12.3. The average molecular weight is 288 g/mol. The summed E-state index contributed by atoms with van der Waals surface area (Å²) in [6.07, 6.45) is 0. The van der Waals surface area contributed by atoms with Crippen molar-refractivity contribution in [3.63, 3.8) is 0 Å². The highest BCUT2D eigenvalue weighted by Gasteiger charge is 2.42. The molecule has 0 aliphatic heterocycles. The van der Waals surface area contributed by atoms with Crippen LogP contribution in [0.2, 0.25) is 0 Å². The van der Waals surface area contributed by atoms with Crippen molar-refractivity contribution in [2.45, 2.75) is 4.87 Å². The normalized spacial score (nSPS) is 10.9. The van der Waals surface area contributed by atoms with Gasteiger partial charge in [0.05, 0.1) is 6.92 Å². The van der Waals surface area contributed by atoms with Crippen LogP contribution >= 0.6 is 11.6 Å². The molecule has 2 aromatic rings. The van der Waals surface area contributed by atoms with Crippen molar-refractivity contribution in [3.05, 3.63) is 78.7 Å². The molecule has 0 aliphatic rings. The van der Waals surface area contributed by atoms with Gasteiger partial charge in [0.1, 0.15) is 0 Å². The molecule has 0 amide bonds. The Morgan fingerprint density at radius 2 is 1.30 bits per heavy atom. The third-order valence-electron chi connectivity index (χ3n) is 2.83. The van der Waals surface area contributed by atoms with Crippen LogP contribution in [0.1, 0.15) is 11.1 Å². The van der Waals surface area contributed by atoms with Gasteiger partial charge in [-0.1, -0.05) is 72.3 Å². The fraction of sp³-hybridized carbons (Fsp3) is 0.0625. The first-order valence-corrected chi connectivity index (χ1v) is 6.31. The summed E-state index contributed by atoms with van der Waals surface area (Å²) in [5.41, 5.74) is 1.05. The molecule has 0 saturated carbocycles. The number of hydrogen-bond acceptors (Lipinski definition) is 3. The fourth-order valence-corrected chi connectivity index (χ4v) is 2.20. The minimum Gasteiger partial charge on any atom is -0.391 e. The molecular weight excluding hydrogens is 276 g/mol. The van der Waals surface area contributed by atoms with E-state index in [2.05, 4.69) is 11.7 Å². The van der Waals surface area contributed by atoms with Crippen molar-refractivity contribution in [1.29, 1.82) is 0 Å². The number of benzene rings is 2. The number of ether oxygens (including phenoxy) is 1. The van der Waals surface area contributed by atoms with Crippen LogP contribution in [0.3, 0.4) is 0 Å². The molecule has 0 heterocycles. The molecule has 0 bridgehead atoms. The molecular formula is C16H12ClO3. The smallest absolute Gasteiger partial charge is 0.344 e. The Labute approximate surface area is 122 Å². The van der Waals surface area contributed by atoms with Gasteiger partial charge >= 0.3 is 11.9 Å². The molecule has 2 aromatic carbocycles. The Kier molecular flexibility index (Phi) is 4.20. The van der Waals surface area contributed by atoms with Crippen LogP contribution < -0.4 is 0 Å². The summed E-state index contributed by atoms with van der Waals surface area (Å²) in [7, 11) is 0. The molecule has 3 nitrogen and oxygen atoms in total. The number of halogens is 1. The van der Waals surface area contributed by atoms with E-state index in [1.165, 1.54) is 0 Å². The molecule has 1 radical (unpaired) electrons. The largest absolute Gasteiger partial charge is 0.391 e. The molecule has 0 fully saturated rings. The Balaban J connectivity index is 2.55. The maximum absolute atomic E-state index is 12.3. The number of rotatable bonds is 3. The highest BCUT2D eigenvalue weighted by atomic mass is 35.5. The maximum Gasteiger partial charge on any atom is 0.344 e. The lowest BCUT2D eigenvalue weighted by Gasteiger charge is -2.25. The lowest BCUT2D eigenvalue weighted by molar-refractivity contribution is -0.157. The molecule has 2 rings (SSSR count). The molecule has 0 aliphatic carbocycles. The summed E-state index contributed by atoms with van der Waals surface area (Å²) in [6.45, 7) is 3.04. The molecule has 0 aromatic heterocycles. The molecule has 20 heavy (non-hydrogen) atoms. The number of esters is 2. The molecule has 0 spiro atoms. The van der Waals surface area contributed by atoms with Crippen LogP contribution in [-0.2, 0) is 19.2 Å². The van der Waals surface area contributed by atoms with Gasteiger partial charge in [0.25, 0.3) is 0 Å². The van der Waals surface area contributed by atoms with Gasteiger partial charge in [-0.25, -0.2) is 4.79 Å². The summed E-state index contributed by atoms with van der Waals surface area (Å²) < 4.78 is 4.60. The van der Waals surface area contributed by atoms with Crippen LogP contribution in [-0.4, -0.2) is 11.9 Å². The summed E-state index contributed by atoms with van der Waals surface area (Å²) >= 11 is 6.53. The summed E-state index contributed by atoms with van der Waals surface area (Å²) in [5.74, 6) is -1.80. The van der Waals surface area contributed by atoms with Crippen molar-refractivity contribution >= 4 is 23.5 Å². The quantitative estimate of drug-likeness (QED) is 0.495. The van der Waals surface area contributed by atoms with Gasteiger partial charge in [0, 0.05) is 0 Å². The predicted octanol–water partition coefficient (Wildman–Crippen LogP) is 3.07. The first-order valence-electron chi connectivity index (χ1n) is 5.93. The third-order valence-corrected chi connectivity index (χ3v) is 3.42. The second-order valence-electron chi connectivity index (χ2n) is 4.15. The van der Waals surface area contributed by atoms with E-state index in [-0.39, 0.29) is 0 Å². The zero-order chi connectivity index (χ0) is 14.6. The molecule has 0 saturated heterocycles. The SMILES string of the molecule is [CH2]C(=O)OC(=O)C(Cl)(c1ccccc1)c1ccccc1. The first-order chi connectivity index (χ1) is 9.55. The number of carbonyl (C=O) groups excluding carboxylic acids is 2. The van der Waals surface area contributed by atoms with Crippen LogP contribution in [0.25, 0.3) is 0 Å². The van der Waals surface area contributed by atoms with E-state index in [0.717, 1.165) is 0 Å². The highest BCUT2D eigenvalue weighted by Crippen LogP contribution is 2.37. The van der Waals surface area contributed by atoms with E-state index < -0.39 is 16.8 Å². The standard InChI is InChI=1S/C16H12ClO3/c1-12(18)20-15(19)16(17,13-8-4-2-5-9-13)14-10-6-3-7-11-14/h2-11H,1H2. The van der Waals surface area contributed by atoms with Crippen LogP contribution in [0.4, 0.5) is 0 Å². The topological polar surface area (TPSA) is 43.4 Å². The first kappa shape index (κ1) is 14.3. The summed E-state index contributed by atoms with van der Waals surface area (Å²) in [6, 6.07) is 17.5. The van der Waals surface area contributed by atoms with Gasteiger partial charge in [0.2, 0.25) is 0 Å². The molecule has 0 N–H and O–H groups in total. The summed E-state index contributed by atoms with van der Waals surface area (Å²) in [5, 5.41) is 0. The van der Waals surface area contributed by atoms with E-state index >= 15 is 0 Å². The van der Waals surface area contributed by atoms with Crippen LogP contribution in [0, 0.1) is 6.92 Å². The zero-order valence-corrected chi connectivity index (χ0v) is 11.3. The molecule has 0 atom stereocenters. The molecule has 101 valence electrons. The number of carbonyl (C=O) groups is 2. The van der Waals surface area contributed by atoms with Crippen molar-refractivity contribution in [3.8, 4) is 0 Å². The second kappa shape index (κ2) is 5.88. The minimum atomic E-state index is -1.57. The van der Waals surface area contributed by atoms with Crippen molar-refractivity contribution in [2.75, 3.05) is 0 Å². The molecule has 4 heteroatoms. The minimum absolute atomic E-state index is 0.527. The van der Waals surface area contributed by atoms with Gasteiger partial charge in [-0.3, -0.25) is 4.79 Å². The number of alkyl halides is 1. The van der Waals surface area contributed by atoms with Crippen LogP contribution in [0.15, 0.2) is 60.7 Å². The Hall–Kier alpha value is -2.13. The predicted molar refractivity (Wildman–Crippen MR) is 76.0 cm³/mol. The fourth-order valence-electron chi connectivity index (χ4n) is 1.91. The lowest BCUT2D eigenvalue weighted by Crippen LogP contribution is -2.34. The van der Waals surface area contributed by atoms with Crippen molar-refractivity contribution < 1.29 is 14.3 Å². The van der Waals surface area contributed by atoms with Gasteiger partial charge in [-0.15, -0.1) is 0 Å². The van der Waals surface area contributed by atoms with E-state index in [9.17, 15) is 9.59 Å². The Morgan fingerprint density at radius 3 is 1.65 bits per heavy atom. The Morgan fingerprint density at radius 1 is 0.900 bits per heavy atom. The second-order valence-corrected chi connectivity index (χ2v) is 4.72.